The van der Waals surface area contributed by atoms with Crippen LogP contribution in [-0.4, -0.2) is 29.2 Å². The molecule has 1 rings (SSSR count). The van der Waals surface area contributed by atoms with Gasteiger partial charge in [-0.2, -0.15) is 13.2 Å². The number of carbonyl (C=O) groups excluding carboxylic acids is 1. The largest absolute Gasteiger partial charge is 0.435 e. The lowest BCUT2D eigenvalue weighted by Crippen LogP contribution is -2.32. The molecule has 0 spiro atoms. The molecular formula is C11H15F3N4O. The summed E-state index contributed by atoms with van der Waals surface area (Å²) in [5.74, 6) is 0.193. The number of anilines is 1. The predicted octanol–water partition coefficient (Wildman–Crippen LogP) is 1.68. The average Bonchev–Trinajstić information content (AvgIpc) is 2.33. The summed E-state index contributed by atoms with van der Waals surface area (Å²) in [5, 5.41) is 11.6. The molecule has 106 valence electrons. The third-order valence-electron chi connectivity index (χ3n) is 2.09. The summed E-state index contributed by atoms with van der Waals surface area (Å²) in [5.41, 5.74) is -1.07. The van der Waals surface area contributed by atoms with Crippen molar-refractivity contribution in [1.29, 1.82) is 0 Å². The number of nitrogens with zero attached hydrogens (tertiary/aromatic N) is 2. The summed E-state index contributed by atoms with van der Waals surface area (Å²) in [6, 6.07) is 1.94. The van der Waals surface area contributed by atoms with Crippen molar-refractivity contribution < 1.29 is 18.0 Å². The van der Waals surface area contributed by atoms with E-state index >= 15 is 0 Å². The van der Waals surface area contributed by atoms with Crippen LogP contribution in [0.5, 0.6) is 0 Å². The zero-order valence-electron chi connectivity index (χ0n) is 10.6. The molecule has 0 fully saturated rings. The topological polar surface area (TPSA) is 66.9 Å². The Hall–Kier alpha value is -1.86. The van der Waals surface area contributed by atoms with E-state index in [2.05, 4.69) is 20.8 Å². The number of rotatable bonds is 5. The number of alkyl halides is 3. The van der Waals surface area contributed by atoms with E-state index in [0.29, 0.717) is 12.5 Å². The van der Waals surface area contributed by atoms with E-state index in [4.69, 9.17) is 0 Å². The molecule has 5 nitrogen and oxygen atoms in total. The van der Waals surface area contributed by atoms with Crippen molar-refractivity contribution in [2.75, 3.05) is 18.4 Å². The molecule has 0 radical (unpaired) electrons. The molecule has 0 bridgehead atoms. The van der Waals surface area contributed by atoms with Gasteiger partial charge in [-0.25, -0.2) is 0 Å². The number of hydrogen-bond acceptors (Lipinski definition) is 4. The minimum absolute atomic E-state index is 0.0627. The van der Waals surface area contributed by atoms with Crippen molar-refractivity contribution in [2.24, 2.45) is 5.92 Å². The number of carbonyl (C=O) groups is 1. The molecule has 0 aromatic carbocycles. The van der Waals surface area contributed by atoms with Crippen LogP contribution in [0, 0.1) is 5.92 Å². The second kappa shape index (κ2) is 6.35. The van der Waals surface area contributed by atoms with Crippen LogP contribution in [0.1, 0.15) is 19.5 Å². The lowest BCUT2D eigenvalue weighted by molar-refractivity contribution is -0.141. The Bertz CT molecular complexity index is 417. The van der Waals surface area contributed by atoms with Gasteiger partial charge in [0.1, 0.15) is 5.82 Å². The fourth-order valence-electron chi connectivity index (χ4n) is 1.13. The molecule has 0 unspecified atom stereocenters. The fourth-order valence-corrected chi connectivity index (χ4v) is 1.13. The predicted molar refractivity (Wildman–Crippen MR) is 63.4 cm³/mol. The van der Waals surface area contributed by atoms with E-state index in [0.717, 1.165) is 12.1 Å². The van der Waals surface area contributed by atoms with Gasteiger partial charge in [0.05, 0.1) is 6.54 Å². The SMILES string of the molecule is CC(C)CNC(=O)CNc1ccc(C(F)(F)F)nn1. The number of amides is 1. The van der Waals surface area contributed by atoms with Gasteiger partial charge in [-0.05, 0) is 18.1 Å². The van der Waals surface area contributed by atoms with Crippen LogP contribution in [0.3, 0.4) is 0 Å². The van der Waals surface area contributed by atoms with Gasteiger partial charge in [0.25, 0.3) is 0 Å². The molecule has 0 aliphatic rings. The van der Waals surface area contributed by atoms with E-state index in [-0.39, 0.29) is 18.3 Å². The van der Waals surface area contributed by atoms with Crippen molar-refractivity contribution in [1.82, 2.24) is 15.5 Å². The monoisotopic (exact) mass is 276 g/mol. The average molecular weight is 276 g/mol. The van der Waals surface area contributed by atoms with Crippen LogP contribution in [0.4, 0.5) is 19.0 Å². The molecule has 0 saturated carbocycles. The Labute approximate surface area is 108 Å². The van der Waals surface area contributed by atoms with Crippen LogP contribution < -0.4 is 10.6 Å². The maximum absolute atomic E-state index is 12.2. The number of halogens is 3. The fraction of sp³-hybridized carbons (Fsp3) is 0.545. The van der Waals surface area contributed by atoms with E-state index < -0.39 is 11.9 Å². The van der Waals surface area contributed by atoms with Gasteiger partial charge in [0, 0.05) is 6.54 Å². The van der Waals surface area contributed by atoms with Gasteiger partial charge in [-0.1, -0.05) is 13.8 Å². The Balaban J connectivity index is 2.44. The summed E-state index contributed by atoms with van der Waals surface area (Å²) in [6.45, 7) is 4.38. The molecule has 0 aliphatic carbocycles. The van der Waals surface area contributed by atoms with Gasteiger partial charge in [-0.15, -0.1) is 10.2 Å². The van der Waals surface area contributed by atoms with Gasteiger partial charge < -0.3 is 10.6 Å². The molecule has 0 aliphatic heterocycles. The van der Waals surface area contributed by atoms with Crippen LogP contribution in [0.25, 0.3) is 0 Å². The molecule has 0 saturated heterocycles. The van der Waals surface area contributed by atoms with Crippen molar-refractivity contribution >= 4 is 11.7 Å². The van der Waals surface area contributed by atoms with Gasteiger partial charge in [0.15, 0.2) is 5.69 Å². The standard InChI is InChI=1S/C11H15F3N4O/c1-7(2)5-16-10(19)6-15-9-4-3-8(17-18-9)11(12,13)14/h3-4,7H,5-6H2,1-2H3,(H,15,18)(H,16,19). The third-order valence-corrected chi connectivity index (χ3v) is 2.09. The molecular weight excluding hydrogens is 261 g/mol. The second-order valence-corrected chi connectivity index (χ2v) is 4.35. The summed E-state index contributed by atoms with van der Waals surface area (Å²) in [6.07, 6.45) is -4.51. The zero-order chi connectivity index (χ0) is 14.5. The quantitative estimate of drug-likeness (QED) is 0.858. The maximum atomic E-state index is 12.2. The van der Waals surface area contributed by atoms with E-state index in [1.165, 1.54) is 0 Å². The first-order valence-corrected chi connectivity index (χ1v) is 5.70. The zero-order valence-corrected chi connectivity index (χ0v) is 10.6. The summed E-state index contributed by atoms with van der Waals surface area (Å²) in [7, 11) is 0. The summed E-state index contributed by atoms with van der Waals surface area (Å²) in [4.78, 5) is 11.3. The first-order valence-electron chi connectivity index (χ1n) is 5.70. The second-order valence-electron chi connectivity index (χ2n) is 4.35. The summed E-state index contributed by atoms with van der Waals surface area (Å²) < 4.78 is 36.7. The normalized spacial score (nSPS) is 11.5. The summed E-state index contributed by atoms with van der Waals surface area (Å²) >= 11 is 0. The van der Waals surface area contributed by atoms with Crippen LogP contribution in [0.15, 0.2) is 12.1 Å². The molecule has 19 heavy (non-hydrogen) atoms. The first kappa shape index (κ1) is 15.2. The molecule has 8 heteroatoms. The lowest BCUT2D eigenvalue weighted by atomic mass is 10.2. The van der Waals surface area contributed by atoms with Crippen molar-refractivity contribution in [3.05, 3.63) is 17.8 Å². The molecule has 1 heterocycles. The van der Waals surface area contributed by atoms with Crippen molar-refractivity contribution in [3.63, 3.8) is 0 Å². The lowest BCUT2D eigenvalue weighted by Gasteiger charge is -2.09. The van der Waals surface area contributed by atoms with E-state index in [1.807, 2.05) is 13.8 Å². The Morgan fingerprint density at radius 1 is 1.32 bits per heavy atom. The number of nitrogens with one attached hydrogen (secondary N) is 2. The Kier molecular flexibility index (Phi) is 5.08. The Morgan fingerprint density at radius 2 is 2.00 bits per heavy atom. The highest BCUT2D eigenvalue weighted by molar-refractivity contribution is 5.80. The maximum Gasteiger partial charge on any atom is 0.435 e. The number of hydrogen-bond donors (Lipinski definition) is 2. The molecule has 1 amide bonds. The Morgan fingerprint density at radius 3 is 2.47 bits per heavy atom. The van der Waals surface area contributed by atoms with Gasteiger partial charge in [-0.3, -0.25) is 4.79 Å². The highest BCUT2D eigenvalue weighted by Crippen LogP contribution is 2.26. The first-order chi connectivity index (χ1) is 8.79. The van der Waals surface area contributed by atoms with Gasteiger partial charge in [0.2, 0.25) is 5.91 Å². The highest BCUT2D eigenvalue weighted by Gasteiger charge is 2.32. The van der Waals surface area contributed by atoms with Crippen molar-refractivity contribution in [3.8, 4) is 0 Å². The minimum Gasteiger partial charge on any atom is -0.360 e. The van der Waals surface area contributed by atoms with Crippen molar-refractivity contribution in [2.45, 2.75) is 20.0 Å². The minimum atomic E-state index is -4.51. The van der Waals surface area contributed by atoms with Crippen LogP contribution >= 0.6 is 0 Å². The van der Waals surface area contributed by atoms with Gasteiger partial charge >= 0.3 is 6.18 Å². The third kappa shape index (κ3) is 5.54. The van der Waals surface area contributed by atoms with E-state index in [1.54, 1.807) is 0 Å². The smallest absolute Gasteiger partial charge is 0.360 e. The van der Waals surface area contributed by atoms with E-state index in [9.17, 15) is 18.0 Å². The highest BCUT2D eigenvalue weighted by atomic mass is 19.4. The molecule has 1 aromatic rings. The molecule has 0 atom stereocenters. The number of aromatic nitrogens is 2. The molecule has 1 aromatic heterocycles. The molecule has 2 N–H and O–H groups in total. The van der Waals surface area contributed by atoms with Crippen LogP contribution in [0.2, 0.25) is 0 Å². The van der Waals surface area contributed by atoms with Crippen LogP contribution in [-0.2, 0) is 11.0 Å².